The Bertz CT molecular complexity index is 617. The third-order valence-corrected chi connectivity index (χ3v) is 6.80. The van der Waals surface area contributed by atoms with E-state index >= 15 is 0 Å². The van der Waals surface area contributed by atoms with Gasteiger partial charge in [-0.1, -0.05) is 33.8 Å². The number of benzene rings is 1. The van der Waals surface area contributed by atoms with Crippen LogP contribution in [0.3, 0.4) is 0 Å². The molecule has 96 valence electrons. The first-order valence-corrected chi connectivity index (χ1v) is 8.96. The van der Waals surface area contributed by atoms with E-state index in [1.54, 1.807) is 0 Å². The van der Waals surface area contributed by atoms with E-state index in [1.165, 1.54) is 11.8 Å². The van der Waals surface area contributed by atoms with Gasteiger partial charge in [0.15, 0.2) is 15.0 Å². The topological polar surface area (TPSA) is 61.2 Å². The Kier molecular flexibility index (Phi) is 2.95. The van der Waals surface area contributed by atoms with Crippen LogP contribution in [0.15, 0.2) is 28.7 Å². The Hall–Kier alpha value is -0.530. The number of nitrogens with zero attached hydrogens (tertiary/aromatic N) is 1. The van der Waals surface area contributed by atoms with Gasteiger partial charge >= 0.3 is 0 Å². The zero-order valence-corrected chi connectivity index (χ0v) is 12.6. The zero-order valence-electron chi connectivity index (χ0n) is 9.34. The fourth-order valence-electron chi connectivity index (χ4n) is 2.44. The van der Waals surface area contributed by atoms with E-state index < -0.39 is 9.84 Å². The van der Waals surface area contributed by atoms with Gasteiger partial charge in [-0.05, 0) is 18.2 Å². The molecule has 2 atom stereocenters. The average Bonchev–Trinajstić information content (AvgIpc) is 2.68. The first-order valence-electron chi connectivity index (χ1n) is 5.47. The van der Waals surface area contributed by atoms with Crippen LogP contribution < -0.4 is 4.90 Å². The maximum Gasteiger partial charge on any atom is 0.161 e. The van der Waals surface area contributed by atoms with Crippen LogP contribution in [0, 0.1) is 5.41 Å². The van der Waals surface area contributed by atoms with Gasteiger partial charge in [0.2, 0.25) is 0 Å². The van der Waals surface area contributed by atoms with E-state index in [0.717, 1.165) is 10.2 Å². The maximum absolute atomic E-state index is 11.7. The molecule has 0 saturated carbocycles. The second kappa shape index (κ2) is 4.25. The number of rotatable bonds is 1. The summed E-state index contributed by atoms with van der Waals surface area (Å²) in [6, 6.07) is 7.55. The van der Waals surface area contributed by atoms with Crippen molar-refractivity contribution < 1.29 is 8.42 Å². The molecule has 2 aliphatic heterocycles. The SMILES string of the molecule is N=C1S[C@@H]2CS(=O)(=O)C[C@H]2N1c1cccc(Br)c1. The monoisotopic (exact) mass is 346 g/mol. The van der Waals surface area contributed by atoms with Crippen molar-refractivity contribution in [1.29, 1.82) is 5.41 Å². The van der Waals surface area contributed by atoms with Crippen molar-refractivity contribution in [3.63, 3.8) is 0 Å². The zero-order chi connectivity index (χ0) is 12.9. The lowest BCUT2D eigenvalue weighted by Crippen LogP contribution is -2.37. The van der Waals surface area contributed by atoms with E-state index in [1.807, 2.05) is 29.2 Å². The molecule has 1 N–H and O–H groups in total. The number of hydrogen-bond acceptors (Lipinski definition) is 4. The van der Waals surface area contributed by atoms with Crippen LogP contribution in [-0.2, 0) is 9.84 Å². The largest absolute Gasteiger partial charge is 0.316 e. The lowest BCUT2D eigenvalue weighted by Gasteiger charge is -2.23. The normalized spacial score (nSPS) is 29.6. The molecule has 4 nitrogen and oxygen atoms in total. The average molecular weight is 347 g/mol. The minimum atomic E-state index is -2.95. The van der Waals surface area contributed by atoms with E-state index in [0.29, 0.717) is 5.17 Å². The third kappa shape index (κ3) is 2.08. The molecule has 7 heteroatoms. The Morgan fingerprint density at radius 2 is 2.17 bits per heavy atom. The molecule has 1 aromatic rings. The quantitative estimate of drug-likeness (QED) is 0.845. The van der Waals surface area contributed by atoms with Crippen LogP contribution in [0.2, 0.25) is 0 Å². The molecule has 2 fully saturated rings. The highest BCUT2D eigenvalue weighted by molar-refractivity contribution is 9.10. The first-order chi connectivity index (χ1) is 8.46. The highest BCUT2D eigenvalue weighted by Crippen LogP contribution is 2.40. The van der Waals surface area contributed by atoms with Crippen molar-refractivity contribution in [2.24, 2.45) is 0 Å². The minimum absolute atomic E-state index is 0.00137. The Morgan fingerprint density at radius 3 is 2.89 bits per heavy atom. The summed E-state index contributed by atoms with van der Waals surface area (Å²) in [5.41, 5.74) is 0.881. The van der Waals surface area contributed by atoms with E-state index in [-0.39, 0.29) is 22.8 Å². The lowest BCUT2D eigenvalue weighted by atomic mass is 10.2. The molecule has 2 heterocycles. The van der Waals surface area contributed by atoms with Crippen molar-refractivity contribution in [2.75, 3.05) is 16.4 Å². The van der Waals surface area contributed by atoms with E-state index in [4.69, 9.17) is 5.41 Å². The van der Waals surface area contributed by atoms with Crippen LogP contribution in [0.1, 0.15) is 0 Å². The molecule has 0 unspecified atom stereocenters. The Labute approximate surface area is 118 Å². The van der Waals surface area contributed by atoms with E-state index in [2.05, 4.69) is 15.9 Å². The van der Waals surface area contributed by atoms with Gasteiger partial charge < -0.3 is 4.90 Å². The molecule has 3 rings (SSSR count). The molecule has 0 aliphatic carbocycles. The van der Waals surface area contributed by atoms with Crippen molar-refractivity contribution in [2.45, 2.75) is 11.3 Å². The Balaban J connectivity index is 1.99. The highest BCUT2D eigenvalue weighted by atomic mass is 79.9. The fraction of sp³-hybridized carbons (Fsp3) is 0.364. The van der Waals surface area contributed by atoms with Crippen LogP contribution in [0.25, 0.3) is 0 Å². The molecule has 0 amide bonds. The Morgan fingerprint density at radius 1 is 1.39 bits per heavy atom. The fourth-order valence-corrected chi connectivity index (χ4v) is 6.62. The van der Waals surface area contributed by atoms with E-state index in [9.17, 15) is 8.42 Å². The summed E-state index contributed by atoms with van der Waals surface area (Å²) in [5, 5.41) is 8.46. The van der Waals surface area contributed by atoms with Crippen molar-refractivity contribution in [3.05, 3.63) is 28.7 Å². The summed E-state index contributed by atoms with van der Waals surface area (Å²) in [4.78, 5) is 1.84. The number of hydrogen-bond donors (Lipinski definition) is 1. The second-order valence-electron chi connectivity index (χ2n) is 4.46. The van der Waals surface area contributed by atoms with Crippen LogP contribution in [0.5, 0.6) is 0 Å². The van der Waals surface area contributed by atoms with Crippen LogP contribution in [-0.4, -0.2) is 36.4 Å². The predicted molar refractivity (Wildman–Crippen MR) is 78.2 cm³/mol. The predicted octanol–water partition coefficient (Wildman–Crippen LogP) is 2.10. The summed E-state index contributed by atoms with van der Waals surface area (Å²) >= 11 is 4.76. The number of anilines is 1. The molecule has 1 aromatic carbocycles. The van der Waals surface area contributed by atoms with Gasteiger partial charge in [0.1, 0.15) is 0 Å². The number of nitrogens with one attached hydrogen (secondary N) is 1. The molecule has 0 bridgehead atoms. The molecular formula is C11H11BrN2O2S2. The summed E-state index contributed by atoms with van der Waals surface area (Å²) in [7, 11) is -2.95. The number of amidine groups is 1. The van der Waals surface area contributed by atoms with Crippen LogP contribution in [0.4, 0.5) is 5.69 Å². The van der Waals surface area contributed by atoms with Crippen LogP contribution >= 0.6 is 27.7 Å². The third-order valence-electron chi connectivity index (χ3n) is 3.17. The molecule has 0 aromatic heterocycles. The molecule has 2 saturated heterocycles. The van der Waals surface area contributed by atoms with Crippen molar-refractivity contribution >= 4 is 48.4 Å². The van der Waals surface area contributed by atoms with Gasteiger partial charge in [-0.2, -0.15) is 0 Å². The molecule has 18 heavy (non-hydrogen) atoms. The summed E-state index contributed by atoms with van der Waals surface area (Å²) in [5.74, 6) is 0.342. The van der Waals surface area contributed by atoms with Crippen molar-refractivity contribution in [1.82, 2.24) is 0 Å². The standard InChI is InChI=1S/C11H11BrN2O2S2/c12-7-2-1-3-8(4-7)14-9-5-18(15,16)6-10(9)17-11(14)13/h1-4,9-10,13H,5-6H2/t9-,10-/m1/s1. The first kappa shape index (κ1) is 12.5. The van der Waals surface area contributed by atoms with Gasteiger partial charge in [-0.25, -0.2) is 8.42 Å². The van der Waals surface area contributed by atoms with Gasteiger partial charge in [-0.3, -0.25) is 5.41 Å². The smallest absolute Gasteiger partial charge is 0.161 e. The number of sulfone groups is 1. The lowest BCUT2D eigenvalue weighted by molar-refractivity contribution is 0.601. The second-order valence-corrected chi connectivity index (χ2v) is 8.75. The summed E-state index contributed by atoms with van der Waals surface area (Å²) < 4.78 is 24.3. The summed E-state index contributed by atoms with van der Waals surface area (Å²) in [6.45, 7) is 0. The molecule has 2 aliphatic rings. The minimum Gasteiger partial charge on any atom is -0.316 e. The maximum atomic E-state index is 11.7. The van der Waals surface area contributed by atoms with Gasteiger partial charge in [0, 0.05) is 15.4 Å². The highest BCUT2D eigenvalue weighted by Gasteiger charge is 2.48. The number of fused-ring (bicyclic) bond motifs is 1. The molecule has 0 radical (unpaired) electrons. The molecule has 0 spiro atoms. The summed E-state index contributed by atoms with van der Waals surface area (Å²) in [6.07, 6.45) is 0. The number of thioether (sulfide) groups is 1. The number of halogens is 1. The van der Waals surface area contributed by atoms with Crippen molar-refractivity contribution in [3.8, 4) is 0 Å². The van der Waals surface area contributed by atoms with Gasteiger partial charge in [-0.15, -0.1) is 0 Å². The molecular weight excluding hydrogens is 336 g/mol. The van der Waals surface area contributed by atoms with Gasteiger partial charge in [0.25, 0.3) is 0 Å². The van der Waals surface area contributed by atoms with Gasteiger partial charge in [0.05, 0.1) is 17.5 Å².